The predicted molar refractivity (Wildman–Crippen MR) is 88.3 cm³/mol. The van der Waals surface area contributed by atoms with Crippen LogP contribution in [0.2, 0.25) is 0 Å². The number of morpholine rings is 1. The molecule has 0 aromatic heterocycles. The van der Waals surface area contributed by atoms with Gasteiger partial charge in [-0.1, -0.05) is 13.0 Å². The third-order valence-electron chi connectivity index (χ3n) is 3.84. The fraction of sp³-hybridized carbons (Fsp3) is 0.562. The van der Waals surface area contributed by atoms with Crippen LogP contribution < -0.4 is 0 Å². The maximum atomic E-state index is 12.7. The number of hydrogen-bond acceptors (Lipinski definition) is 4. The molecule has 1 aromatic rings. The van der Waals surface area contributed by atoms with Gasteiger partial charge >= 0.3 is 6.18 Å². The number of carbonyl (C=O) groups is 1. The van der Waals surface area contributed by atoms with Gasteiger partial charge in [0.05, 0.1) is 18.1 Å². The molecular weight excluding hydrogens is 373 g/mol. The van der Waals surface area contributed by atoms with E-state index < -0.39 is 28.7 Å². The quantitative estimate of drug-likeness (QED) is 0.741. The summed E-state index contributed by atoms with van der Waals surface area (Å²) in [6.45, 7) is 1.14. The van der Waals surface area contributed by atoms with Crippen molar-refractivity contribution >= 4 is 15.9 Å². The lowest BCUT2D eigenvalue weighted by atomic mass is 10.2. The maximum absolute atomic E-state index is 12.7. The second-order valence-electron chi connectivity index (χ2n) is 5.89. The number of halogens is 3. The molecule has 0 aliphatic carbocycles. The number of benzene rings is 1. The van der Waals surface area contributed by atoms with Gasteiger partial charge in [0.25, 0.3) is 5.91 Å². The molecule has 1 fully saturated rings. The Morgan fingerprint density at radius 2 is 1.92 bits per heavy atom. The van der Waals surface area contributed by atoms with Gasteiger partial charge in [0.15, 0.2) is 0 Å². The van der Waals surface area contributed by atoms with Crippen molar-refractivity contribution in [3.63, 3.8) is 0 Å². The Balaban J connectivity index is 2.27. The van der Waals surface area contributed by atoms with E-state index in [4.69, 9.17) is 4.74 Å². The zero-order chi connectivity index (χ0) is 19.4. The Labute approximate surface area is 150 Å². The van der Waals surface area contributed by atoms with Gasteiger partial charge in [0.1, 0.15) is 6.54 Å². The van der Waals surface area contributed by atoms with Crippen LogP contribution in [-0.4, -0.2) is 69.1 Å². The maximum Gasteiger partial charge on any atom is 0.406 e. The summed E-state index contributed by atoms with van der Waals surface area (Å²) in [4.78, 5) is 13.0. The van der Waals surface area contributed by atoms with Crippen molar-refractivity contribution in [3.05, 3.63) is 29.8 Å². The van der Waals surface area contributed by atoms with Gasteiger partial charge in [0, 0.05) is 25.2 Å². The summed E-state index contributed by atoms with van der Waals surface area (Å²) in [7, 11) is -3.83. The first-order valence-electron chi connectivity index (χ1n) is 8.19. The highest BCUT2D eigenvalue weighted by Crippen LogP contribution is 2.21. The van der Waals surface area contributed by atoms with E-state index in [1.165, 1.54) is 22.5 Å². The number of rotatable bonds is 6. The van der Waals surface area contributed by atoms with E-state index in [9.17, 15) is 26.4 Å². The first kappa shape index (κ1) is 20.7. The summed E-state index contributed by atoms with van der Waals surface area (Å²) >= 11 is 0. The SMILES string of the molecule is CCCN(CC(F)(F)F)C(=O)c1cccc(S(=O)(=O)N2CCOCC2)c1. The highest BCUT2D eigenvalue weighted by atomic mass is 32.2. The summed E-state index contributed by atoms with van der Waals surface area (Å²) in [5.41, 5.74) is -0.0861. The van der Waals surface area contributed by atoms with E-state index in [-0.39, 0.29) is 43.3 Å². The average Bonchev–Trinajstić information content (AvgIpc) is 2.60. The summed E-state index contributed by atoms with van der Waals surface area (Å²) in [6.07, 6.45) is -4.17. The fourth-order valence-corrected chi connectivity index (χ4v) is 4.10. The molecule has 1 aromatic carbocycles. The Hall–Kier alpha value is -1.65. The minimum absolute atomic E-state index is 0.0707. The van der Waals surface area contributed by atoms with Crippen LogP contribution in [0.3, 0.4) is 0 Å². The molecule has 0 radical (unpaired) electrons. The number of hydrogen-bond donors (Lipinski definition) is 0. The number of nitrogens with zero attached hydrogens (tertiary/aromatic N) is 2. The van der Waals surface area contributed by atoms with E-state index in [1.54, 1.807) is 6.92 Å². The molecule has 1 aliphatic heterocycles. The third kappa shape index (κ3) is 5.18. The Morgan fingerprint density at radius 3 is 2.50 bits per heavy atom. The topological polar surface area (TPSA) is 66.9 Å². The summed E-state index contributed by atoms with van der Waals surface area (Å²) in [5.74, 6) is -0.844. The molecule has 0 atom stereocenters. The fourth-order valence-electron chi connectivity index (χ4n) is 2.65. The van der Waals surface area contributed by atoms with Gasteiger partial charge in [0.2, 0.25) is 10.0 Å². The number of amides is 1. The van der Waals surface area contributed by atoms with Crippen molar-refractivity contribution in [1.82, 2.24) is 9.21 Å². The molecular formula is C16H21F3N2O4S. The second kappa shape index (κ2) is 8.36. The molecule has 1 aliphatic rings. The predicted octanol–water partition coefficient (Wildman–Crippen LogP) is 2.12. The summed E-state index contributed by atoms with van der Waals surface area (Å²) in [5, 5.41) is 0. The Morgan fingerprint density at radius 1 is 1.27 bits per heavy atom. The van der Waals surface area contributed by atoms with Crippen LogP contribution in [0.1, 0.15) is 23.7 Å². The van der Waals surface area contributed by atoms with Crippen LogP contribution in [0.4, 0.5) is 13.2 Å². The zero-order valence-corrected chi connectivity index (χ0v) is 15.1. The third-order valence-corrected chi connectivity index (χ3v) is 5.73. The van der Waals surface area contributed by atoms with E-state index in [1.807, 2.05) is 0 Å². The molecule has 26 heavy (non-hydrogen) atoms. The zero-order valence-electron chi connectivity index (χ0n) is 14.3. The van der Waals surface area contributed by atoms with Crippen LogP contribution >= 0.6 is 0 Å². The van der Waals surface area contributed by atoms with Gasteiger partial charge in [-0.2, -0.15) is 17.5 Å². The normalized spacial score (nSPS) is 16.5. The first-order chi connectivity index (χ1) is 12.1. The molecule has 0 spiro atoms. The van der Waals surface area contributed by atoms with Crippen molar-refractivity contribution in [2.75, 3.05) is 39.4 Å². The van der Waals surface area contributed by atoms with Crippen LogP contribution in [-0.2, 0) is 14.8 Å². The molecule has 1 amide bonds. The van der Waals surface area contributed by atoms with Gasteiger partial charge in [-0.15, -0.1) is 0 Å². The van der Waals surface area contributed by atoms with E-state index in [0.717, 1.165) is 6.07 Å². The second-order valence-corrected chi connectivity index (χ2v) is 7.82. The molecule has 146 valence electrons. The molecule has 1 saturated heterocycles. The summed E-state index contributed by atoms with van der Waals surface area (Å²) in [6, 6.07) is 5.14. The molecule has 0 unspecified atom stereocenters. The number of alkyl halides is 3. The Kier molecular flexibility index (Phi) is 6.64. The summed E-state index contributed by atoms with van der Waals surface area (Å²) < 4.78 is 69.8. The Bertz CT molecular complexity index is 731. The van der Waals surface area contributed by atoms with Crippen molar-refractivity contribution in [3.8, 4) is 0 Å². The minimum Gasteiger partial charge on any atom is -0.379 e. The standard InChI is InChI=1S/C16H21F3N2O4S/c1-2-6-20(12-16(17,18)19)15(22)13-4-3-5-14(11-13)26(23,24)21-7-9-25-10-8-21/h3-5,11H,2,6-10,12H2,1H3. The molecule has 0 bridgehead atoms. The van der Waals surface area contributed by atoms with Crippen LogP contribution in [0.5, 0.6) is 0 Å². The molecule has 1 heterocycles. The average molecular weight is 394 g/mol. The van der Waals surface area contributed by atoms with Crippen molar-refractivity contribution in [2.45, 2.75) is 24.4 Å². The number of sulfonamides is 1. The molecule has 0 saturated carbocycles. The van der Waals surface area contributed by atoms with Crippen molar-refractivity contribution in [2.24, 2.45) is 0 Å². The molecule has 10 heteroatoms. The van der Waals surface area contributed by atoms with E-state index >= 15 is 0 Å². The smallest absolute Gasteiger partial charge is 0.379 e. The van der Waals surface area contributed by atoms with E-state index in [2.05, 4.69) is 0 Å². The highest BCUT2D eigenvalue weighted by Gasteiger charge is 2.33. The lowest BCUT2D eigenvalue weighted by molar-refractivity contribution is -0.140. The highest BCUT2D eigenvalue weighted by molar-refractivity contribution is 7.89. The van der Waals surface area contributed by atoms with Gasteiger partial charge in [-0.3, -0.25) is 4.79 Å². The largest absolute Gasteiger partial charge is 0.406 e. The van der Waals surface area contributed by atoms with Gasteiger partial charge in [-0.25, -0.2) is 8.42 Å². The van der Waals surface area contributed by atoms with Gasteiger partial charge < -0.3 is 9.64 Å². The van der Waals surface area contributed by atoms with Gasteiger partial charge in [-0.05, 0) is 24.6 Å². The van der Waals surface area contributed by atoms with E-state index in [0.29, 0.717) is 11.3 Å². The lowest BCUT2D eigenvalue weighted by Crippen LogP contribution is -2.41. The number of ether oxygens (including phenoxy) is 1. The monoisotopic (exact) mass is 394 g/mol. The van der Waals surface area contributed by atoms with Crippen LogP contribution in [0, 0.1) is 0 Å². The van der Waals surface area contributed by atoms with Crippen molar-refractivity contribution < 1.29 is 31.1 Å². The lowest BCUT2D eigenvalue weighted by Gasteiger charge is -2.26. The van der Waals surface area contributed by atoms with Crippen LogP contribution in [0.15, 0.2) is 29.2 Å². The van der Waals surface area contributed by atoms with Crippen LogP contribution in [0.25, 0.3) is 0 Å². The number of carbonyl (C=O) groups excluding carboxylic acids is 1. The molecule has 2 rings (SSSR count). The first-order valence-corrected chi connectivity index (χ1v) is 9.63. The van der Waals surface area contributed by atoms with Crippen molar-refractivity contribution in [1.29, 1.82) is 0 Å². The minimum atomic E-state index is -4.53. The molecule has 6 nitrogen and oxygen atoms in total. The molecule has 0 N–H and O–H groups in total.